The van der Waals surface area contributed by atoms with Crippen LogP contribution in [0.15, 0.2) is 48.5 Å². The normalized spacial score (nSPS) is 12.6. The first-order valence-corrected chi connectivity index (χ1v) is 40.3. The molecule has 4 rings (SSSR count). The monoisotopic (exact) mass is 1560 g/mol. The molecule has 1 unspecified atom stereocenters. The van der Waals surface area contributed by atoms with Gasteiger partial charge in [0.15, 0.2) is 0 Å². The minimum atomic E-state index is -3.41. The quantitative estimate of drug-likeness (QED) is 0.0453. The molecule has 32 nitrogen and oxygen atoms in total. The molecule has 2 aromatic carbocycles. The first kappa shape index (κ1) is 94.6. The minimum Gasteiger partial charge on any atom is -0.780 e. The molecule has 0 saturated heterocycles. The lowest BCUT2D eigenvalue weighted by atomic mass is 9.95. The number of hydrogen-bond donors (Lipinski definition) is 4. The van der Waals surface area contributed by atoms with E-state index in [4.69, 9.17) is 101 Å². The highest BCUT2D eigenvalue weighted by Gasteiger charge is 2.29. The van der Waals surface area contributed by atoms with Crippen molar-refractivity contribution in [3.8, 4) is 22.5 Å². The van der Waals surface area contributed by atoms with Crippen LogP contribution in [-0.4, -0.2) is 308 Å². The summed E-state index contributed by atoms with van der Waals surface area (Å²) < 4.78 is 107. The van der Waals surface area contributed by atoms with E-state index in [0.29, 0.717) is 255 Å². The molecule has 4 N–H and O–H groups in total. The number of aromatic nitrogens is 3. The van der Waals surface area contributed by atoms with Crippen molar-refractivity contribution in [1.29, 1.82) is 0 Å². The van der Waals surface area contributed by atoms with Crippen LogP contribution in [0.1, 0.15) is 84.6 Å². The number of ether oxygens (including phenoxy) is 17. The third kappa shape index (κ3) is 50.0. The highest BCUT2D eigenvalue weighted by atomic mass is 32.5. The van der Waals surface area contributed by atoms with E-state index in [1.54, 1.807) is 18.7 Å². The zero-order chi connectivity index (χ0) is 76.6. The summed E-state index contributed by atoms with van der Waals surface area (Å²) in [5.74, 6) is -0.617. The SMILES string of the molecule is CC(C)NCCOCCOCCOCCNC(=O)CCOCCOCCOCCOCCNC(=O)CCC(=O)N1Cc2ccccc2-c2c(nnn2CCOCCOCCOCCOCCOCCOCCOCCOCCOCCOCCC(=O)NCCCCCCOP([O-])(=S)OC(C)C)-c2ccccc21. The number of para-hydroxylation sites is 1. The van der Waals surface area contributed by atoms with E-state index in [-0.39, 0.29) is 81.7 Å². The molecule has 0 saturated carbocycles. The number of amides is 4. The van der Waals surface area contributed by atoms with Crippen LogP contribution in [0, 0.1) is 0 Å². The molecule has 0 fully saturated rings. The van der Waals surface area contributed by atoms with E-state index >= 15 is 0 Å². The Balaban J connectivity index is 0.893. The van der Waals surface area contributed by atoms with Gasteiger partial charge in [0.2, 0.25) is 23.6 Å². The molecule has 1 atom stereocenters. The van der Waals surface area contributed by atoms with Gasteiger partial charge in [0.1, 0.15) is 12.4 Å². The Morgan fingerprint density at radius 3 is 1.25 bits per heavy atom. The van der Waals surface area contributed by atoms with Crippen molar-refractivity contribution in [3.05, 3.63) is 54.1 Å². The second-order valence-electron chi connectivity index (χ2n) is 24.6. The van der Waals surface area contributed by atoms with E-state index in [2.05, 4.69) is 45.4 Å². The Hall–Kier alpha value is -4.73. The number of rotatable bonds is 74. The van der Waals surface area contributed by atoms with Crippen LogP contribution in [0.5, 0.6) is 0 Å². The summed E-state index contributed by atoms with van der Waals surface area (Å²) in [6.07, 6.45) is 3.65. The molecule has 1 aromatic heterocycles. The van der Waals surface area contributed by atoms with Gasteiger partial charge in [-0.3, -0.25) is 19.2 Å². The first-order chi connectivity index (χ1) is 52.3. The average molecular weight is 1560 g/mol. The molecule has 0 radical (unpaired) electrons. The fourth-order valence-corrected chi connectivity index (χ4v) is 11.6. The standard InChI is InChI=1S/C73H125N8O24PS/c1-62(2)74-22-29-89-35-41-95-42-36-91-31-24-77-70(84)20-28-88-34-40-93-45-47-96-43-37-90-30-23-76-68(82)17-18-71(85)80-61-64-13-7-8-14-65(64)73-72(66-15-9-10-16-67(66)80)78-79-81(73)25-32-92-38-44-97-48-50-99-52-54-101-56-58-103-60-59-102-57-55-100-53-51-98-49-46-94-39-33-87-27-19-69(83)75-21-11-5-6-12-26-104-106(86,107)105-63(3)4/h7-10,13-16,62-63,74H,5-6,11-12,17-61H2,1-4H3,(H,75,83)(H,76,82)(H,77,84)(H,86,107)/p-1. The lowest BCUT2D eigenvalue weighted by Crippen LogP contribution is -2.34. The van der Waals surface area contributed by atoms with Crippen molar-refractivity contribution < 1.29 is 114 Å². The van der Waals surface area contributed by atoms with Crippen LogP contribution in [0.25, 0.3) is 22.5 Å². The largest absolute Gasteiger partial charge is 0.780 e. The first-order valence-electron chi connectivity index (χ1n) is 37.7. The maximum Gasteiger partial charge on any atom is 0.227 e. The van der Waals surface area contributed by atoms with Gasteiger partial charge in [-0.25, -0.2) is 4.68 Å². The van der Waals surface area contributed by atoms with Crippen molar-refractivity contribution in [2.75, 3.05) is 262 Å². The number of carbonyl (C=O) groups excluding carboxylic acids is 4. The zero-order valence-corrected chi connectivity index (χ0v) is 65.6. The van der Waals surface area contributed by atoms with E-state index in [1.165, 1.54) is 0 Å². The summed E-state index contributed by atoms with van der Waals surface area (Å²) in [6.45, 7) is 21.6. The lowest BCUT2D eigenvalue weighted by Gasteiger charge is -2.29. The van der Waals surface area contributed by atoms with E-state index in [1.807, 2.05) is 53.2 Å². The molecule has 612 valence electrons. The third-order valence-electron chi connectivity index (χ3n) is 15.2. The smallest absolute Gasteiger partial charge is 0.227 e. The zero-order valence-electron chi connectivity index (χ0n) is 63.9. The number of hydrogen-bond acceptors (Lipinski definition) is 28. The maximum absolute atomic E-state index is 14.0. The second kappa shape index (κ2) is 64.9. The predicted octanol–water partition coefficient (Wildman–Crippen LogP) is 4.23. The molecule has 107 heavy (non-hydrogen) atoms. The number of benzene rings is 2. The molecule has 0 aliphatic carbocycles. The number of fused-ring (bicyclic) bond motifs is 5. The summed E-state index contributed by atoms with van der Waals surface area (Å²) >= 11 is 4.85. The van der Waals surface area contributed by atoms with E-state index in [0.717, 1.165) is 54.6 Å². The molecule has 4 amide bonds. The van der Waals surface area contributed by atoms with Gasteiger partial charge in [-0.05, 0) is 38.3 Å². The summed E-state index contributed by atoms with van der Waals surface area (Å²) in [4.78, 5) is 64.6. The average Bonchev–Trinajstić information content (AvgIpc) is 1.67. The van der Waals surface area contributed by atoms with E-state index in [9.17, 15) is 24.1 Å². The predicted molar refractivity (Wildman–Crippen MR) is 402 cm³/mol. The second-order valence-corrected chi connectivity index (χ2v) is 27.3. The van der Waals surface area contributed by atoms with Gasteiger partial charge in [-0.1, -0.05) is 86.2 Å². The number of carbonyl (C=O) groups is 4. The molecule has 2 heterocycles. The molecular formula is C73H124N8O24PS-. The Labute approximate surface area is 638 Å². The van der Waals surface area contributed by atoms with Gasteiger partial charge < -0.3 is 121 Å². The van der Waals surface area contributed by atoms with Gasteiger partial charge >= 0.3 is 0 Å². The lowest BCUT2D eigenvalue weighted by molar-refractivity contribution is -0.209. The van der Waals surface area contributed by atoms with Gasteiger partial charge in [-0.2, -0.15) is 0 Å². The third-order valence-corrected chi connectivity index (χ3v) is 16.9. The summed E-state index contributed by atoms with van der Waals surface area (Å²) in [7, 11) is 0. The Bertz CT molecular complexity index is 2770. The summed E-state index contributed by atoms with van der Waals surface area (Å²) in [6, 6.07) is 16.0. The molecular weight excluding hydrogens is 1440 g/mol. The topological polar surface area (TPSA) is 349 Å². The van der Waals surface area contributed by atoms with Crippen LogP contribution in [0.4, 0.5) is 5.69 Å². The number of anilines is 1. The van der Waals surface area contributed by atoms with Crippen molar-refractivity contribution >= 4 is 47.8 Å². The van der Waals surface area contributed by atoms with Crippen molar-refractivity contribution in [2.24, 2.45) is 0 Å². The summed E-state index contributed by atoms with van der Waals surface area (Å²) in [5.41, 5.74) is 4.71. The highest BCUT2D eigenvalue weighted by molar-refractivity contribution is 8.06. The fraction of sp³-hybridized carbons (Fsp3) is 0.753. The van der Waals surface area contributed by atoms with Gasteiger partial charge in [0.25, 0.3) is 0 Å². The number of nitrogens with one attached hydrogen (secondary N) is 4. The Kier molecular flexibility index (Phi) is 57.4. The van der Waals surface area contributed by atoms with Crippen molar-refractivity contribution in [2.45, 2.75) is 104 Å². The van der Waals surface area contributed by atoms with Crippen LogP contribution >= 0.6 is 6.72 Å². The van der Waals surface area contributed by atoms with Crippen LogP contribution in [-0.2, 0) is 134 Å². The van der Waals surface area contributed by atoms with Crippen molar-refractivity contribution in [1.82, 2.24) is 36.3 Å². The van der Waals surface area contributed by atoms with Crippen LogP contribution in [0.2, 0.25) is 0 Å². The Morgan fingerprint density at radius 1 is 0.430 bits per heavy atom. The van der Waals surface area contributed by atoms with E-state index < -0.39 is 6.72 Å². The summed E-state index contributed by atoms with van der Waals surface area (Å²) in [5, 5.41) is 21.0. The Morgan fingerprint density at radius 2 is 0.804 bits per heavy atom. The molecule has 3 aromatic rings. The fourth-order valence-electron chi connectivity index (χ4n) is 9.90. The van der Waals surface area contributed by atoms with Crippen LogP contribution in [0.3, 0.4) is 0 Å². The minimum absolute atomic E-state index is 0.000539. The number of nitrogens with zero attached hydrogens (tertiary/aromatic N) is 4. The molecule has 0 spiro atoms. The van der Waals surface area contributed by atoms with Crippen molar-refractivity contribution in [3.63, 3.8) is 0 Å². The molecule has 0 bridgehead atoms. The van der Waals surface area contributed by atoms with Crippen LogP contribution < -0.4 is 31.1 Å². The highest BCUT2D eigenvalue weighted by Crippen LogP contribution is 2.42. The molecule has 1 aliphatic rings. The number of unbranched alkanes of at least 4 members (excludes halogenated alkanes) is 3. The molecule has 1 aliphatic heterocycles. The van der Waals surface area contributed by atoms with Gasteiger partial charge in [0, 0.05) is 69.0 Å². The van der Waals surface area contributed by atoms with Gasteiger partial charge in [0.05, 0.1) is 262 Å². The maximum atomic E-state index is 14.0. The van der Waals surface area contributed by atoms with Gasteiger partial charge in [-0.15, -0.1) is 5.10 Å². The molecule has 34 heteroatoms.